The molecule has 3 atom stereocenters. The molecule has 2 aromatic rings. The van der Waals surface area contributed by atoms with E-state index in [-0.39, 0.29) is 18.1 Å². The summed E-state index contributed by atoms with van der Waals surface area (Å²) in [6.07, 6.45) is 1.63. The number of likely N-dealkylation sites (N-methyl/N-ethyl adjacent to an activating group) is 1. The van der Waals surface area contributed by atoms with Crippen LogP contribution in [0.5, 0.6) is 0 Å². The average Bonchev–Trinajstić information content (AvgIpc) is 3.49. The topological polar surface area (TPSA) is 94.6 Å². The van der Waals surface area contributed by atoms with Gasteiger partial charge in [0.15, 0.2) is 0 Å². The zero-order chi connectivity index (χ0) is 23.7. The normalized spacial score (nSPS) is 27.6. The zero-order valence-corrected chi connectivity index (χ0v) is 19.7. The summed E-state index contributed by atoms with van der Waals surface area (Å²) in [5, 5.41) is 12.4. The van der Waals surface area contributed by atoms with Crippen LogP contribution in [0.2, 0.25) is 0 Å². The molecular weight excluding hydrogens is 426 g/mol. The predicted octanol–water partition coefficient (Wildman–Crippen LogP) is 1.91. The number of piperazine rings is 1. The number of nitrogens with two attached hydrogens (primary N) is 1. The molecule has 3 unspecified atom stereocenters. The van der Waals surface area contributed by atoms with Crippen molar-refractivity contribution in [3.63, 3.8) is 0 Å². The van der Waals surface area contributed by atoms with E-state index in [2.05, 4.69) is 64.6 Å². The van der Waals surface area contributed by atoms with Gasteiger partial charge in [0.05, 0.1) is 18.3 Å². The van der Waals surface area contributed by atoms with Crippen molar-refractivity contribution in [1.29, 1.82) is 5.26 Å². The SMILES string of the molecule is CN1CCN(Cc2ccc(-c3ccc(CC(C#N)NC(=O)C4(N)C5CCC4O5)cc3)cc2)CC1. The molecule has 4 fully saturated rings. The van der Waals surface area contributed by atoms with Crippen LogP contribution in [0.3, 0.4) is 0 Å². The van der Waals surface area contributed by atoms with Gasteiger partial charge < -0.3 is 20.7 Å². The molecule has 34 heavy (non-hydrogen) atoms. The molecule has 7 heteroatoms. The van der Waals surface area contributed by atoms with Gasteiger partial charge in [0.2, 0.25) is 5.91 Å². The molecule has 1 amide bonds. The van der Waals surface area contributed by atoms with Gasteiger partial charge in [-0.1, -0.05) is 48.5 Å². The Labute approximate surface area is 201 Å². The molecule has 0 radical (unpaired) electrons. The van der Waals surface area contributed by atoms with Crippen molar-refractivity contribution in [1.82, 2.24) is 15.1 Å². The van der Waals surface area contributed by atoms with Crippen molar-refractivity contribution >= 4 is 5.91 Å². The quantitative estimate of drug-likeness (QED) is 0.657. The van der Waals surface area contributed by atoms with Crippen LogP contribution in [0.25, 0.3) is 11.1 Å². The number of carbonyl (C=O) groups excluding carboxylic acids is 1. The van der Waals surface area contributed by atoms with Crippen molar-refractivity contribution in [3.05, 3.63) is 59.7 Å². The molecule has 1 aliphatic carbocycles. The van der Waals surface area contributed by atoms with Crippen LogP contribution < -0.4 is 11.1 Å². The molecular formula is C27H33N5O2. The molecule has 3 aliphatic heterocycles. The molecule has 0 aromatic heterocycles. The van der Waals surface area contributed by atoms with E-state index in [9.17, 15) is 10.1 Å². The van der Waals surface area contributed by atoms with E-state index in [1.165, 1.54) is 11.1 Å². The number of ether oxygens (including phenoxy) is 1. The van der Waals surface area contributed by atoms with Crippen molar-refractivity contribution in [2.45, 2.75) is 49.6 Å². The lowest BCUT2D eigenvalue weighted by molar-refractivity contribution is -0.171. The number of nitriles is 1. The number of amides is 1. The van der Waals surface area contributed by atoms with Crippen LogP contribution in [-0.4, -0.2) is 72.7 Å². The van der Waals surface area contributed by atoms with Crippen LogP contribution in [-0.2, 0) is 22.5 Å². The van der Waals surface area contributed by atoms with E-state index >= 15 is 0 Å². The van der Waals surface area contributed by atoms with Crippen LogP contribution in [0, 0.1) is 11.3 Å². The van der Waals surface area contributed by atoms with Crippen molar-refractivity contribution < 1.29 is 9.53 Å². The summed E-state index contributed by atoms with van der Waals surface area (Å²) >= 11 is 0. The molecule has 2 bridgehead atoms. The van der Waals surface area contributed by atoms with E-state index in [4.69, 9.17) is 10.5 Å². The van der Waals surface area contributed by atoms with Gasteiger partial charge in [0.1, 0.15) is 11.6 Å². The number of benzene rings is 2. The highest BCUT2D eigenvalue weighted by molar-refractivity contribution is 5.89. The maximum absolute atomic E-state index is 12.7. The van der Waals surface area contributed by atoms with Gasteiger partial charge in [-0.2, -0.15) is 5.26 Å². The molecule has 3 heterocycles. The lowest BCUT2D eigenvalue weighted by Crippen LogP contribution is -2.73. The molecule has 3 saturated heterocycles. The number of nitrogens with zero attached hydrogens (tertiary/aromatic N) is 3. The number of rotatable bonds is 7. The van der Waals surface area contributed by atoms with Gasteiger partial charge in [-0.25, -0.2) is 0 Å². The Morgan fingerprint density at radius 1 is 1.06 bits per heavy atom. The Balaban J connectivity index is 1.16. The third-order valence-corrected chi connectivity index (χ3v) is 7.62. The van der Waals surface area contributed by atoms with Gasteiger partial charge in [-0.3, -0.25) is 9.69 Å². The lowest BCUT2D eigenvalue weighted by Gasteiger charge is -2.44. The maximum atomic E-state index is 12.7. The minimum Gasteiger partial charge on any atom is -0.370 e. The number of hydrogen-bond donors (Lipinski definition) is 2. The lowest BCUT2D eigenvalue weighted by atomic mass is 9.87. The molecule has 2 aromatic carbocycles. The van der Waals surface area contributed by atoms with Crippen LogP contribution in [0.4, 0.5) is 0 Å². The Morgan fingerprint density at radius 2 is 1.62 bits per heavy atom. The first-order valence-electron chi connectivity index (χ1n) is 12.2. The summed E-state index contributed by atoms with van der Waals surface area (Å²) in [7, 11) is 2.18. The molecule has 3 N–H and O–H groups in total. The average molecular weight is 460 g/mol. The first-order chi connectivity index (χ1) is 16.5. The Kier molecular flexibility index (Phi) is 6.41. The first kappa shape index (κ1) is 23.0. The summed E-state index contributed by atoms with van der Waals surface area (Å²) in [6, 6.07) is 18.6. The number of carbonyl (C=O) groups is 1. The monoisotopic (exact) mass is 459 g/mol. The highest BCUT2D eigenvalue weighted by atomic mass is 16.5. The van der Waals surface area contributed by atoms with Crippen LogP contribution in [0.15, 0.2) is 48.5 Å². The van der Waals surface area contributed by atoms with E-state index < -0.39 is 11.6 Å². The molecule has 1 saturated carbocycles. The zero-order valence-electron chi connectivity index (χ0n) is 19.7. The molecule has 7 nitrogen and oxygen atoms in total. The summed E-state index contributed by atoms with van der Waals surface area (Å²) < 4.78 is 5.55. The van der Waals surface area contributed by atoms with Crippen molar-refractivity contribution in [2.75, 3.05) is 33.2 Å². The minimum absolute atomic E-state index is 0.218. The summed E-state index contributed by atoms with van der Waals surface area (Å²) in [6.45, 7) is 5.48. The highest BCUT2D eigenvalue weighted by Crippen LogP contribution is 2.44. The second-order valence-corrected chi connectivity index (χ2v) is 9.96. The van der Waals surface area contributed by atoms with Crippen molar-refractivity contribution in [2.24, 2.45) is 5.73 Å². The Morgan fingerprint density at radius 3 is 2.15 bits per heavy atom. The predicted molar refractivity (Wildman–Crippen MR) is 131 cm³/mol. The molecule has 6 rings (SSSR count). The van der Waals surface area contributed by atoms with Gasteiger partial charge in [0, 0.05) is 39.1 Å². The number of nitrogens with one attached hydrogen (secondary N) is 1. The summed E-state index contributed by atoms with van der Waals surface area (Å²) in [5.41, 5.74) is 9.96. The second kappa shape index (κ2) is 9.47. The largest absolute Gasteiger partial charge is 0.370 e. The third kappa shape index (κ3) is 4.47. The minimum atomic E-state index is -0.977. The fourth-order valence-corrected chi connectivity index (χ4v) is 5.32. The third-order valence-electron chi connectivity index (χ3n) is 7.62. The first-order valence-corrected chi connectivity index (χ1v) is 12.2. The maximum Gasteiger partial charge on any atom is 0.246 e. The second-order valence-electron chi connectivity index (χ2n) is 9.96. The van der Waals surface area contributed by atoms with Crippen LogP contribution in [0.1, 0.15) is 24.0 Å². The van der Waals surface area contributed by atoms with E-state index in [1.54, 1.807) is 0 Å². The highest BCUT2D eigenvalue weighted by Gasteiger charge is 2.63. The van der Waals surface area contributed by atoms with Crippen molar-refractivity contribution in [3.8, 4) is 17.2 Å². The standard InChI is InChI=1S/C27H33N5O2/c1-31-12-14-32(15-13-31)18-20-4-8-22(9-5-20)21-6-2-19(3-7-21)16-23(17-28)30-26(33)27(29)24-10-11-25(27)34-24/h2-9,23-25H,10-16,18,29H2,1H3,(H,30,33). The van der Waals surface area contributed by atoms with E-state index in [0.717, 1.165) is 56.7 Å². The van der Waals surface area contributed by atoms with Crippen LogP contribution >= 0.6 is 0 Å². The Bertz CT molecular complexity index is 1040. The van der Waals surface area contributed by atoms with Gasteiger partial charge in [-0.15, -0.1) is 0 Å². The molecule has 178 valence electrons. The number of hydrogen-bond acceptors (Lipinski definition) is 6. The fraction of sp³-hybridized carbons (Fsp3) is 0.481. The fourth-order valence-electron chi connectivity index (χ4n) is 5.32. The van der Waals surface area contributed by atoms with Gasteiger partial charge >= 0.3 is 0 Å². The summed E-state index contributed by atoms with van der Waals surface area (Å²) in [4.78, 5) is 17.6. The molecule has 4 aliphatic rings. The Hall–Kier alpha value is -2.76. The van der Waals surface area contributed by atoms with Gasteiger partial charge in [-0.05, 0) is 42.1 Å². The van der Waals surface area contributed by atoms with Gasteiger partial charge in [0.25, 0.3) is 0 Å². The van der Waals surface area contributed by atoms with E-state index in [1.807, 2.05) is 12.1 Å². The number of fused-ring (bicyclic) bond motifs is 1. The van der Waals surface area contributed by atoms with E-state index in [0.29, 0.717) is 6.42 Å². The smallest absolute Gasteiger partial charge is 0.246 e. The molecule has 0 spiro atoms. The summed E-state index contributed by atoms with van der Waals surface area (Å²) in [5.74, 6) is -0.272.